The van der Waals surface area contributed by atoms with E-state index in [1.807, 2.05) is 12.3 Å². The lowest BCUT2D eigenvalue weighted by Crippen LogP contribution is -2.54. The fourth-order valence-corrected chi connectivity index (χ4v) is 7.33. The van der Waals surface area contributed by atoms with Gasteiger partial charge in [-0.1, -0.05) is 0 Å². The highest BCUT2D eigenvalue weighted by Crippen LogP contribution is 2.33. The molecular formula is C37H43N9O4. The highest BCUT2D eigenvalue weighted by Gasteiger charge is 2.44. The van der Waals surface area contributed by atoms with Crippen LogP contribution in [0.15, 0.2) is 48.8 Å². The summed E-state index contributed by atoms with van der Waals surface area (Å²) >= 11 is 0. The van der Waals surface area contributed by atoms with Crippen molar-refractivity contribution in [3.8, 4) is 0 Å². The van der Waals surface area contributed by atoms with Gasteiger partial charge in [0, 0.05) is 74.0 Å². The minimum atomic E-state index is -0.971. The van der Waals surface area contributed by atoms with Crippen LogP contribution in [0.4, 0.5) is 11.4 Å². The number of piperidine rings is 1. The second-order valence-corrected chi connectivity index (χ2v) is 13.9. The molecule has 2 aromatic carbocycles. The van der Waals surface area contributed by atoms with Crippen LogP contribution in [0, 0.1) is 11.3 Å². The number of rotatable bonds is 11. The van der Waals surface area contributed by atoms with Crippen LogP contribution in [0.25, 0.3) is 16.6 Å². The molecule has 0 spiro atoms. The molecule has 50 heavy (non-hydrogen) atoms. The van der Waals surface area contributed by atoms with Crippen molar-refractivity contribution >= 4 is 57.8 Å². The summed E-state index contributed by atoms with van der Waals surface area (Å²) in [5, 5.41) is 17.1. The summed E-state index contributed by atoms with van der Waals surface area (Å²) in [7, 11) is 2.17. The number of carbonyl (C=O) groups is 4. The molecule has 4 amide bonds. The van der Waals surface area contributed by atoms with E-state index in [4.69, 9.17) is 10.4 Å². The molecule has 7 rings (SSSR count). The van der Waals surface area contributed by atoms with E-state index >= 15 is 0 Å². The molecule has 3 fully saturated rings. The Morgan fingerprint density at radius 2 is 1.86 bits per heavy atom. The number of anilines is 2. The number of carbonyl (C=O) groups excluding carboxylic acids is 4. The maximum absolute atomic E-state index is 13.1. The Labute approximate surface area is 291 Å². The first kappa shape index (κ1) is 33.3. The molecule has 4 heterocycles. The number of hydrogen-bond acceptors (Lipinski definition) is 11. The average Bonchev–Trinajstić information content (AvgIpc) is 3.34. The molecule has 4 N–H and O–H groups in total. The number of allylic oxidation sites excluding steroid dienone is 1. The predicted molar refractivity (Wildman–Crippen MR) is 191 cm³/mol. The summed E-state index contributed by atoms with van der Waals surface area (Å²) in [4.78, 5) is 65.1. The lowest BCUT2D eigenvalue weighted by molar-refractivity contribution is -0.136. The van der Waals surface area contributed by atoms with Crippen molar-refractivity contribution in [1.82, 2.24) is 30.4 Å². The quantitative estimate of drug-likeness (QED) is 0.134. The second kappa shape index (κ2) is 14.0. The van der Waals surface area contributed by atoms with E-state index in [1.54, 1.807) is 24.4 Å². The fourth-order valence-electron chi connectivity index (χ4n) is 7.33. The van der Waals surface area contributed by atoms with E-state index < -0.39 is 29.7 Å². The van der Waals surface area contributed by atoms with Crippen molar-refractivity contribution in [3.05, 3.63) is 65.6 Å². The van der Waals surface area contributed by atoms with Crippen LogP contribution in [0.1, 0.15) is 71.9 Å². The van der Waals surface area contributed by atoms with E-state index in [2.05, 4.69) is 56.8 Å². The van der Waals surface area contributed by atoms with Gasteiger partial charge in [0.1, 0.15) is 6.04 Å². The molecule has 1 saturated carbocycles. The van der Waals surface area contributed by atoms with Crippen molar-refractivity contribution < 1.29 is 19.2 Å². The van der Waals surface area contributed by atoms with Gasteiger partial charge in [0.15, 0.2) is 0 Å². The molecular weight excluding hydrogens is 634 g/mol. The third kappa shape index (κ3) is 6.69. The Bertz CT molecular complexity index is 1890. The highest BCUT2D eigenvalue weighted by molar-refractivity contribution is 6.23. The summed E-state index contributed by atoms with van der Waals surface area (Å²) in [6.07, 6.45) is 9.27. The van der Waals surface area contributed by atoms with Crippen LogP contribution in [0.2, 0.25) is 0 Å². The molecule has 1 unspecified atom stereocenters. The average molecular weight is 678 g/mol. The van der Waals surface area contributed by atoms with Crippen molar-refractivity contribution in [1.29, 1.82) is 5.41 Å². The minimum absolute atomic E-state index is 0.0917. The van der Waals surface area contributed by atoms with Crippen LogP contribution in [-0.2, 0) is 9.59 Å². The zero-order valence-corrected chi connectivity index (χ0v) is 28.4. The summed E-state index contributed by atoms with van der Waals surface area (Å²) < 4.78 is 0. The number of benzene rings is 2. The van der Waals surface area contributed by atoms with Gasteiger partial charge >= 0.3 is 0 Å². The van der Waals surface area contributed by atoms with Gasteiger partial charge in [-0.15, -0.1) is 0 Å². The number of nitrogens with zero attached hydrogens (tertiary/aromatic N) is 5. The second-order valence-electron chi connectivity index (χ2n) is 13.9. The SMILES string of the molecule is C[C@@H]1CN(c2ccc3ncc(/C(C=N)=C/NC4CC(CCCNc5ccc6c(c5)C(=O)N(C5CCC(=O)NC5=O)C6=O)C4)nc3c2)CCN1C. The number of imide groups is 2. The van der Waals surface area contributed by atoms with Gasteiger partial charge in [-0.25, -0.2) is 4.98 Å². The molecule has 4 aliphatic rings. The van der Waals surface area contributed by atoms with Gasteiger partial charge in [0.05, 0.1) is 34.1 Å². The van der Waals surface area contributed by atoms with Gasteiger partial charge in [-0.2, -0.15) is 0 Å². The molecule has 0 radical (unpaired) electrons. The number of nitrogens with one attached hydrogen (secondary N) is 4. The Balaban J connectivity index is 0.871. The van der Waals surface area contributed by atoms with Crippen LogP contribution in [-0.4, -0.2) is 101 Å². The lowest BCUT2D eigenvalue weighted by atomic mass is 9.77. The Hall–Kier alpha value is -5.17. The van der Waals surface area contributed by atoms with Crippen LogP contribution in [0.3, 0.4) is 0 Å². The van der Waals surface area contributed by atoms with Crippen LogP contribution < -0.4 is 20.9 Å². The van der Waals surface area contributed by atoms with E-state index in [0.717, 1.165) is 79.2 Å². The van der Waals surface area contributed by atoms with Crippen molar-refractivity contribution in [2.75, 3.05) is 43.4 Å². The molecule has 1 aliphatic carbocycles. The Morgan fingerprint density at radius 1 is 1.04 bits per heavy atom. The van der Waals surface area contributed by atoms with E-state index in [9.17, 15) is 19.2 Å². The smallest absolute Gasteiger partial charge is 0.262 e. The monoisotopic (exact) mass is 677 g/mol. The standard InChI is InChI=1S/C37H43N9O4/c1-22-21-45(13-12-44(22)2)27-6-8-30-31(17-27)42-32(20-41-30)24(18-38)19-40-26-14-23(15-26)4-3-11-39-25-5-7-28-29(16-25)37(50)46(36(28)49)33-9-10-34(47)43-35(33)48/h5-8,16-20,22-23,26,33,38-40H,3-4,9-15,21H2,1-2H3,(H,43,47,48)/b24-19+,38-18?/t22-,23?,26?,33?/m1/s1. The van der Waals surface area contributed by atoms with Crippen molar-refractivity contribution in [3.63, 3.8) is 0 Å². The molecule has 13 nitrogen and oxygen atoms in total. The zero-order chi connectivity index (χ0) is 34.9. The molecule has 3 aliphatic heterocycles. The van der Waals surface area contributed by atoms with Gasteiger partial charge in [0.2, 0.25) is 11.8 Å². The molecule has 3 aromatic rings. The predicted octanol–water partition coefficient (Wildman–Crippen LogP) is 3.42. The first-order valence-electron chi connectivity index (χ1n) is 17.5. The number of fused-ring (bicyclic) bond motifs is 2. The summed E-state index contributed by atoms with van der Waals surface area (Å²) in [5.74, 6) is -1.42. The summed E-state index contributed by atoms with van der Waals surface area (Å²) in [6, 6.07) is 11.2. The number of likely N-dealkylation sites (N-methyl/N-ethyl adjacent to an activating group) is 1. The summed E-state index contributed by atoms with van der Waals surface area (Å²) in [5.41, 5.74) is 5.47. The Morgan fingerprint density at radius 3 is 2.64 bits per heavy atom. The number of hydrogen-bond donors (Lipinski definition) is 4. The van der Waals surface area contributed by atoms with Crippen molar-refractivity contribution in [2.24, 2.45) is 5.92 Å². The normalized spacial score (nSPS) is 24.2. The molecule has 13 heteroatoms. The zero-order valence-electron chi connectivity index (χ0n) is 28.4. The first-order valence-corrected chi connectivity index (χ1v) is 17.5. The van der Waals surface area contributed by atoms with Gasteiger partial charge < -0.3 is 25.8 Å². The maximum Gasteiger partial charge on any atom is 0.262 e. The molecule has 0 bridgehead atoms. The number of aromatic nitrogens is 2. The minimum Gasteiger partial charge on any atom is -0.388 e. The van der Waals surface area contributed by atoms with E-state index in [0.29, 0.717) is 29.3 Å². The highest BCUT2D eigenvalue weighted by atomic mass is 16.2. The third-order valence-corrected chi connectivity index (χ3v) is 10.6. The van der Waals surface area contributed by atoms with E-state index in [1.165, 1.54) is 6.21 Å². The molecule has 2 saturated heterocycles. The maximum atomic E-state index is 13.1. The molecule has 2 atom stereocenters. The lowest BCUT2D eigenvalue weighted by Gasteiger charge is -2.39. The molecule has 260 valence electrons. The van der Waals surface area contributed by atoms with Gasteiger partial charge in [-0.3, -0.25) is 34.4 Å². The topological polar surface area (TPSA) is 164 Å². The number of amides is 4. The van der Waals surface area contributed by atoms with Crippen molar-refractivity contribution in [2.45, 2.75) is 63.6 Å². The molecule has 1 aromatic heterocycles. The van der Waals surface area contributed by atoms with E-state index in [-0.39, 0.29) is 24.0 Å². The van der Waals surface area contributed by atoms with Gasteiger partial charge in [-0.05, 0) is 88.4 Å². The van der Waals surface area contributed by atoms with Gasteiger partial charge in [0.25, 0.3) is 11.8 Å². The van der Waals surface area contributed by atoms with Crippen LogP contribution >= 0.6 is 0 Å². The first-order chi connectivity index (χ1) is 24.2. The largest absolute Gasteiger partial charge is 0.388 e. The Kier molecular flexibility index (Phi) is 9.32. The van der Waals surface area contributed by atoms with Crippen LogP contribution in [0.5, 0.6) is 0 Å². The number of piperazine rings is 1. The summed E-state index contributed by atoms with van der Waals surface area (Å²) in [6.45, 7) is 5.94. The third-order valence-electron chi connectivity index (χ3n) is 10.6. The fraction of sp³-hybridized carbons (Fsp3) is 0.432.